The molecular formula is C17H22FN5O. The molecule has 2 amide bonds. The Morgan fingerprint density at radius 3 is 2.79 bits per heavy atom. The van der Waals surface area contributed by atoms with E-state index in [4.69, 9.17) is 0 Å². The lowest BCUT2D eigenvalue weighted by atomic mass is 10.2. The second kappa shape index (κ2) is 7.42. The number of anilines is 1. The molecule has 2 heterocycles. The van der Waals surface area contributed by atoms with Gasteiger partial charge in [0, 0.05) is 18.7 Å². The van der Waals surface area contributed by atoms with Gasteiger partial charge >= 0.3 is 6.03 Å². The number of carbonyl (C=O) groups excluding carboxylic acids is 1. The number of halogens is 1. The second-order valence-electron chi connectivity index (χ2n) is 6.00. The molecule has 1 aliphatic rings. The molecule has 7 heteroatoms. The predicted molar refractivity (Wildman–Crippen MR) is 89.2 cm³/mol. The van der Waals surface area contributed by atoms with E-state index in [2.05, 4.69) is 25.4 Å². The molecule has 0 radical (unpaired) electrons. The van der Waals surface area contributed by atoms with Crippen molar-refractivity contribution in [2.75, 3.05) is 5.32 Å². The van der Waals surface area contributed by atoms with Crippen molar-refractivity contribution in [3.05, 3.63) is 41.7 Å². The fourth-order valence-electron chi connectivity index (χ4n) is 2.97. The number of hydrogen-bond donors (Lipinski definition) is 2. The van der Waals surface area contributed by atoms with Crippen molar-refractivity contribution in [3.8, 4) is 0 Å². The van der Waals surface area contributed by atoms with Gasteiger partial charge in [-0.1, -0.05) is 13.3 Å². The van der Waals surface area contributed by atoms with Crippen LogP contribution in [-0.2, 0) is 13.0 Å². The first-order valence-corrected chi connectivity index (χ1v) is 8.42. The van der Waals surface area contributed by atoms with Crippen molar-refractivity contribution < 1.29 is 9.18 Å². The van der Waals surface area contributed by atoms with E-state index in [1.54, 1.807) is 0 Å². The Kier molecular flexibility index (Phi) is 5.08. The number of aromatic nitrogens is 3. The predicted octanol–water partition coefficient (Wildman–Crippen LogP) is 3.42. The molecule has 1 unspecified atom stereocenters. The molecule has 0 saturated heterocycles. The number of rotatable bonds is 4. The lowest BCUT2D eigenvalue weighted by Crippen LogP contribution is -2.34. The second-order valence-corrected chi connectivity index (χ2v) is 6.00. The largest absolute Gasteiger partial charge is 0.328 e. The van der Waals surface area contributed by atoms with E-state index in [0.717, 1.165) is 43.9 Å². The summed E-state index contributed by atoms with van der Waals surface area (Å²) in [7, 11) is 0. The first-order chi connectivity index (χ1) is 11.7. The molecule has 6 nitrogen and oxygen atoms in total. The van der Waals surface area contributed by atoms with E-state index >= 15 is 0 Å². The van der Waals surface area contributed by atoms with E-state index in [1.165, 1.54) is 30.7 Å². The first kappa shape index (κ1) is 16.4. The van der Waals surface area contributed by atoms with E-state index in [1.807, 2.05) is 6.92 Å². The number of carbonyl (C=O) groups is 1. The van der Waals surface area contributed by atoms with Crippen LogP contribution in [0.1, 0.15) is 50.3 Å². The molecule has 0 spiro atoms. The standard InChI is InChI=1S/C17H22FN5O/c1-2-14(16-22-21-15-6-4-3-5-11-23(15)16)20-17(24)19-13-9-7-12(18)8-10-13/h7-10,14H,2-6,11H2,1H3,(H2,19,20,24). The third-order valence-electron chi connectivity index (χ3n) is 4.27. The molecule has 0 aliphatic carbocycles. The molecule has 2 aromatic rings. The summed E-state index contributed by atoms with van der Waals surface area (Å²) in [6.45, 7) is 2.90. The van der Waals surface area contributed by atoms with Gasteiger partial charge in [-0.05, 0) is 43.5 Å². The van der Waals surface area contributed by atoms with Crippen LogP contribution in [0, 0.1) is 5.82 Å². The molecule has 0 saturated carbocycles. The normalized spacial score (nSPS) is 15.2. The molecule has 1 aliphatic heterocycles. The van der Waals surface area contributed by atoms with Crippen LogP contribution in [0.25, 0.3) is 0 Å². The molecule has 24 heavy (non-hydrogen) atoms. The van der Waals surface area contributed by atoms with Crippen LogP contribution < -0.4 is 10.6 Å². The SMILES string of the molecule is CCC(NC(=O)Nc1ccc(F)cc1)c1nnc2n1CCCCC2. The van der Waals surface area contributed by atoms with Gasteiger partial charge in [0.25, 0.3) is 0 Å². The number of amides is 2. The lowest BCUT2D eigenvalue weighted by molar-refractivity contribution is 0.247. The molecule has 1 aromatic carbocycles. The van der Waals surface area contributed by atoms with Gasteiger partial charge in [-0.2, -0.15) is 0 Å². The van der Waals surface area contributed by atoms with Crippen LogP contribution in [0.5, 0.6) is 0 Å². The van der Waals surface area contributed by atoms with Gasteiger partial charge < -0.3 is 15.2 Å². The highest BCUT2D eigenvalue weighted by Crippen LogP contribution is 2.21. The van der Waals surface area contributed by atoms with Crippen LogP contribution >= 0.6 is 0 Å². The summed E-state index contributed by atoms with van der Waals surface area (Å²) in [6.07, 6.45) is 5.09. The fourth-order valence-corrected chi connectivity index (χ4v) is 2.97. The Hall–Kier alpha value is -2.44. The average Bonchev–Trinajstić information content (AvgIpc) is 2.83. The summed E-state index contributed by atoms with van der Waals surface area (Å²) in [5.41, 5.74) is 0.545. The highest BCUT2D eigenvalue weighted by atomic mass is 19.1. The van der Waals surface area contributed by atoms with Gasteiger partial charge in [-0.15, -0.1) is 10.2 Å². The van der Waals surface area contributed by atoms with Crippen LogP contribution in [-0.4, -0.2) is 20.8 Å². The number of hydrogen-bond acceptors (Lipinski definition) is 3. The Morgan fingerprint density at radius 1 is 1.25 bits per heavy atom. The van der Waals surface area contributed by atoms with E-state index < -0.39 is 0 Å². The number of aryl methyl sites for hydroxylation is 1. The highest BCUT2D eigenvalue weighted by Gasteiger charge is 2.22. The van der Waals surface area contributed by atoms with Gasteiger partial charge in [0.15, 0.2) is 5.82 Å². The van der Waals surface area contributed by atoms with Gasteiger partial charge in [0.2, 0.25) is 0 Å². The Morgan fingerprint density at radius 2 is 2.04 bits per heavy atom. The molecule has 128 valence electrons. The molecule has 0 fully saturated rings. The topological polar surface area (TPSA) is 71.8 Å². The van der Waals surface area contributed by atoms with E-state index in [9.17, 15) is 9.18 Å². The zero-order valence-corrected chi connectivity index (χ0v) is 13.8. The number of nitrogens with one attached hydrogen (secondary N) is 2. The minimum absolute atomic E-state index is 0.204. The Bertz CT molecular complexity index is 698. The van der Waals surface area contributed by atoms with Gasteiger partial charge in [-0.3, -0.25) is 0 Å². The Labute approximate surface area is 140 Å². The molecular weight excluding hydrogens is 309 g/mol. The van der Waals surface area contributed by atoms with Crippen molar-refractivity contribution in [2.24, 2.45) is 0 Å². The summed E-state index contributed by atoms with van der Waals surface area (Å²) in [4.78, 5) is 12.2. The lowest BCUT2D eigenvalue weighted by Gasteiger charge is -2.18. The van der Waals surface area contributed by atoms with Crippen molar-refractivity contribution in [1.82, 2.24) is 20.1 Å². The van der Waals surface area contributed by atoms with Crippen LogP contribution in [0.3, 0.4) is 0 Å². The van der Waals surface area contributed by atoms with Crippen LogP contribution in [0.2, 0.25) is 0 Å². The zero-order chi connectivity index (χ0) is 16.9. The maximum Gasteiger partial charge on any atom is 0.319 e. The average molecular weight is 331 g/mol. The van der Waals surface area contributed by atoms with Crippen LogP contribution in [0.4, 0.5) is 14.9 Å². The maximum atomic E-state index is 12.9. The fraction of sp³-hybridized carbons (Fsp3) is 0.471. The molecule has 1 atom stereocenters. The zero-order valence-electron chi connectivity index (χ0n) is 13.8. The Balaban J connectivity index is 1.69. The van der Waals surface area contributed by atoms with E-state index in [-0.39, 0.29) is 17.9 Å². The molecule has 3 rings (SSSR count). The minimum Gasteiger partial charge on any atom is -0.328 e. The summed E-state index contributed by atoms with van der Waals surface area (Å²) in [6, 6.07) is 5.14. The number of urea groups is 1. The highest BCUT2D eigenvalue weighted by molar-refractivity contribution is 5.89. The van der Waals surface area contributed by atoms with E-state index in [0.29, 0.717) is 5.69 Å². The first-order valence-electron chi connectivity index (χ1n) is 8.42. The minimum atomic E-state index is -0.335. The van der Waals surface area contributed by atoms with Crippen molar-refractivity contribution >= 4 is 11.7 Å². The summed E-state index contributed by atoms with van der Waals surface area (Å²) in [5.74, 6) is 1.48. The van der Waals surface area contributed by atoms with Crippen LogP contribution in [0.15, 0.2) is 24.3 Å². The van der Waals surface area contributed by atoms with Gasteiger partial charge in [0.05, 0.1) is 6.04 Å². The third-order valence-corrected chi connectivity index (χ3v) is 4.27. The number of benzene rings is 1. The van der Waals surface area contributed by atoms with Crippen molar-refractivity contribution in [2.45, 2.75) is 51.6 Å². The molecule has 1 aromatic heterocycles. The monoisotopic (exact) mass is 331 g/mol. The van der Waals surface area contributed by atoms with Gasteiger partial charge in [-0.25, -0.2) is 9.18 Å². The molecule has 2 N–H and O–H groups in total. The van der Waals surface area contributed by atoms with Gasteiger partial charge in [0.1, 0.15) is 11.6 Å². The summed E-state index contributed by atoms with van der Waals surface area (Å²) in [5, 5.41) is 14.2. The summed E-state index contributed by atoms with van der Waals surface area (Å²) >= 11 is 0. The summed E-state index contributed by atoms with van der Waals surface area (Å²) < 4.78 is 15.1. The third kappa shape index (κ3) is 3.72. The number of nitrogens with zero attached hydrogens (tertiary/aromatic N) is 3. The van der Waals surface area contributed by atoms with Crippen molar-refractivity contribution in [3.63, 3.8) is 0 Å². The maximum absolute atomic E-state index is 12.9. The quantitative estimate of drug-likeness (QED) is 0.902. The van der Waals surface area contributed by atoms with Crippen molar-refractivity contribution in [1.29, 1.82) is 0 Å². The molecule has 0 bridgehead atoms. The smallest absolute Gasteiger partial charge is 0.319 e. The number of fused-ring (bicyclic) bond motifs is 1.